The second kappa shape index (κ2) is 10.6. The maximum atomic E-state index is 14.0. The number of amides is 3. The van der Waals surface area contributed by atoms with Gasteiger partial charge in [0.05, 0.1) is 17.0 Å². The van der Waals surface area contributed by atoms with E-state index < -0.39 is 27.9 Å². The topological polar surface area (TPSA) is 104 Å². The molecule has 0 bridgehead atoms. The quantitative estimate of drug-likeness (QED) is 0.414. The summed E-state index contributed by atoms with van der Waals surface area (Å²) >= 11 is 3.35. The van der Waals surface area contributed by atoms with Crippen LogP contribution in [-0.4, -0.2) is 42.5 Å². The van der Waals surface area contributed by atoms with Gasteiger partial charge in [-0.3, -0.25) is 14.4 Å². The minimum atomic E-state index is -4.10. The molecule has 35 heavy (non-hydrogen) atoms. The third-order valence-electron chi connectivity index (χ3n) is 6.45. The van der Waals surface area contributed by atoms with Gasteiger partial charge in [0.25, 0.3) is 5.91 Å². The Morgan fingerprint density at radius 1 is 0.971 bits per heavy atom. The van der Waals surface area contributed by atoms with Gasteiger partial charge >= 0.3 is 0 Å². The molecule has 2 aromatic rings. The average Bonchev–Trinajstić information content (AvgIpc) is 2.97. The van der Waals surface area contributed by atoms with Gasteiger partial charge in [-0.1, -0.05) is 41.6 Å². The maximum absolute atomic E-state index is 14.0. The van der Waals surface area contributed by atoms with Gasteiger partial charge in [0.1, 0.15) is 6.04 Å². The van der Waals surface area contributed by atoms with Crippen LogP contribution in [0, 0.1) is 0 Å². The molecule has 1 heterocycles. The Morgan fingerprint density at radius 2 is 1.57 bits per heavy atom. The molecule has 10 heteroatoms. The molecule has 2 fully saturated rings. The van der Waals surface area contributed by atoms with Gasteiger partial charge < -0.3 is 5.32 Å². The zero-order valence-corrected chi connectivity index (χ0v) is 21.8. The van der Waals surface area contributed by atoms with Crippen LogP contribution < -0.4 is 10.2 Å². The van der Waals surface area contributed by atoms with Crippen LogP contribution in [0.1, 0.15) is 51.9 Å². The standard InChI is InChI=1S/C25H28BrN3O5S/c1-17(30)27-19-10-14-22(15-11-19)35(33,34)29(21-6-4-2-3-5-7-21)23-16-24(31)28(25(23)32)20-12-8-18(26)9-13-20/h8-15,21,23H,2-7,16H2,1H3,(H,27,30). The van der Waals surface area contributed by atoms with Crippen molar-refractivity contribution in [2.24, 2.45) is 0 Å². The number of rotatable bonds is 6. The van der Waals surface area contributed by atoms with E-state index in [0.717, 1.165) is 35.1 Å². The molecule has 0 spiro atoms. The van der Waals surface area contributed by atoms with Gasteiger partial charge in [-0.15, -0.1) is 0 Å². The van der Waals surface area contributed by atoms with Crippen LogP contribution in [0.15, 0.2) is 57.9 Å². The highest BCUT2D eigenvalue weighted by atomic mass is 79.9. The first-order valence-electron chi connectivity index (χ1n) is 11.7. The van der Waals surface area contributed by atoms with Crippen LogP contribution >= 0.6 is 15.9 Å². The van der Waals surface area contributed by atoms with Crippen LogP contribution in [0.3, 0.4) is 0 Å². The van der Waals surface area contributed by atoms with Gasteiger partial charge in [-0.25, -0.2) is 13.3 Å². The molecule has 3 amide bonds. The minimum absolute atomic E-state index is 0.0261. The Labute approximate surface area is 213 Å². The molecule has 186 valence electrons. The first-order valence-corrected chi connectivity index (χ1v) is 14.0. The summed E-state index contributed by atoms with van der Waals surface area (Å²) in [6.07, 6.45) is 4.83. The SMILES string of the molecule is CC(=O)Nc1ccc(S(=O)(=O)N(C2CCCCCC2)C2CC(=O)N(c3ccc(Br)cc3)C2=O)cc1. The van der Waals surface area contributed by atoms with Gasteiger partial charge in [-0.2, -0.15) is 4.31 Å². The van der Waals surface area contributed by atoms with Crippen molar-refractivity contribution in [2.45, 2.75) is 68.8 Å². The molecule has 0 aromatic heterocycles. The molecule has 4 rings (SSSR count). The Morgan fingerprint density at radius 3 is 2.14 bits per heavy atom. The minimum Gasteiger partial charge on any atom is -0.326 e. The van der Waals surface area contributed by atoms with E-state index in [-0.39, 0.29) is 23.3 Å². The molecule has 1 saturated heterocycles. The van der Waals surface area contributed by atoms with Crippen LogP contribution in [0.2, 0.25) is 0 Å². The second-order valence-electron chi connectivity index (χ2n) is 8.95. The smallest absolute Gasteiger partial charge is 0.252 e. The summed E-state index contributed by atoms with van der Waals surface area (Å²) in [6, 6.07) is 11.2. The zero-order chi connectivity index (χ0) is 25.2. The maximum Gasteiger partial charge on any atom is 0.252 e. The van der Waals surface area contributed by atoms with Crippen LogP contribution in [0.4, 0.5) is 11.4 Å². The number of hydrogen-bond acceptors (Lipinski definition) is 5. The molecule has 1 atom stereocenters. The van der Waals surface area contributed by atoms with Crippen molar-refractivity contribution in [3.63, 3.8) is 0 Å². The molecular formula is C25H28BrN3O5S. The number of nitrogens with one attached hydrogen (secondary N) is 1. The molecule has 1 unspecified atom stereocenters. The normalized spacial score (nSPS) is 19.7. The summed E-state index contributed by atoms with van der Waals surface area (Å²) in [7, 11) is -4.10. The lowest BCUT2D eigenvalue weighted by molar-refractivity contribution is -0.122. The zero-order valence-electron chi connectivity index (χ0n) is 19.4. The molecule has 1 aliphatic carbocycles. The lowest BCUT2D eigenvalue weighted by Gasteiger charge is -2.34. The van der Waals surface area contributed by atoms with Gasteiger partial charge in [-0.05, 0) is 61.4 Å². The lowest BCUT2D eigenvalue weighted by atomic mass is 10.1. The van der Waals surface area contributed by atoms with E-state index in [1.54, 1.807) is 24.3 Å². The average molecular weight is 562 g/mol. The Bertz CT molecular complexity index is 1210. The van der Waals surface area contributed by atoms with Crippen LogP contribution in [0.25, 0.3) is 0 Å². The first-order chi connectivity index (χ1) is 16.7. The van der Waals surface area contributed by atoms with Crippen molar-refractivity contribution < 1.29 is 22.8 Å². The number of imide groups is 1. The lowest BCUT2D eigenvalue weighted by Crippen LogP contribution is -2.50. The first kappa shape index (κ1) is 25.5. The third kappa shape index (κ3) is 5.49. The molecule has 1 saturated carbocycles. The summed E-state index contributed by atoms with van der Waals surface area (Å²) in [5.41, 5.74) is 0.898. The van der Waals surface area contributed by atoms with E-state index in [2.05, 4.69) is 21.2 Å². The predicted octanol–water partition coefficient (Wildman–Crippen LogP) is 4.45. The highest BCUT2D eigenvalue weighted by molar-refractivity contribution is 9.10. The highest BCUT2D eigenvalue weighted by Crippen LogP contribution is 2.35. The molecule has 0 radical (unpaired) electrons. The summed E-state index contributed by atoms with van der Waals surface area (Å²) in [5.74, 6) is -1.21. The van der Waals surface area contributed by atoms with Gasteiger partial charge in [0.15, 0.2) is 0 Å². The predicted molar refractivity (Wildman–Crippen MR) is 136 cm³/mol. The van der Waals surface area contributed by atoms with E-state index in [0.29, 0.717) is 24.2 Å². The number of hydrogen-bond donors (Lipinski definition) is 1. The number of sulfonamides is 1. The number of halogens is 1. The Kier molecular flexibility index (Phi) is 7.73. The molecule has 1 N–H and O–H groups in total. The number of carbonyl (C=O) groups excluding carboxylic acids is 3. The monoisotopic (exact) mass is 561 g/mol. The van der Waals surface area contributed by atoms with Crippen molar-refractivity contribution in [3.8, 4) is 0 Å². The molecule has 2 aromatic carbocycles. The van der Waals surface area contributed by atoms with E-state index in [9.17, 15) is 22.8 Å². The van der Waals surface area contributed by atoms with Crippen molar-refractivity contribution in [1.29, 1.82) is 0 Å². The number of carbonyl (C=O) groups is 3. The second-order valence-corrected chi connectivity index (χ2v) is 11.7. The van der Waals surface area contributed by atoms with Crippen LogP contribution in [-0.2, 0) is 24.4 Å². The molecule has 2 aliphatic rings. The van der Waals surface area contributed by atoms with E-state index in [4.69, 9.17) is 0 Å². The van der Waals surface area contributed by atoms with Crippen molar-refractivity contribution in [2.75, 3.05) is 10.2 Å². The van der Waals surface area contributed by atoms with Crippen molar-refractivity contribution >= 4 is 55.0 Å². The Balaban J connectivity index is 1.71. The van der Waals surface area contributed by atoms with Gasteiger partial charge in [0, 0.05) is 23.1 Å². The van der Waals surface area contributed by atoms with E-state index in [1.807, 2.05) is 0 Å². The summed E-state index contributed by atoms with van der Waals surface area (Å²) in [5, 5.41) is 2.62. The summed E-state index contributed by atoms with van der Waals surface area (Å²) in [4.78, 5) is 39.0. The molecule has 8 nitrogen and oxygen atoms in total. The number of benzene rings is 2. The largest absolute Gasteiger partial charge is 0.326 e. The van der Waals surface area contributed by atoms with Crippen LogP contribution in [0.5, 0.6) is 0 Å². The van der Waals surface area contributed by atoms with Gasteiger partial charge in [0.2, 0.25) is 21.8 Å². The summed E-state index contributed by atoms with van der Waals surface area (Å²) < 4.78 is 30.0. The summed E-state index contributed by atoms with van der Waals surface area (Å²) in [6.45, 7) is 1.37. The fourth-order valence-electron chi connectivity index (χ4n) is 4.84. The number of nitrogens with zero attached hydrogens (tertiary/aromatic N) is 2. The van der Waals surface area contributed by atoms with E-state index >= 15 is 0 Å². The van der Waals surface area contributed by atoms with Crippen molar-refractivity contribution in [1.82, 2.24) is 4.31 Å². The third-order valence-corrected chi connectivity index (χ3v) is 8.95. The number of anilines is 2. The fraction of sp³-hybridized carbons (Fsp3) is 0.400. The molecule has 1 aliphatic heterocycles. The fourth-order valence-corrected chi connectivity index (χ4v) is 6.93. The highest BCUT2D eigenvalue weighted by Gasteiger charge is 2.49. The van der Waals surface area contributed by atoms with Crippen molar-refractivity contribution in [3.05, 3.63) is 53.0 Å². The molecular weight excluding hydrogens is 534 g/mol. The Hall–Kier alpha value is -2.56. The van der Waals surface area contributed by atoms with E-state index in [1.165, 1.54) is 35.5 Å².